The van der Waals surface area contributed by atoms with E-state index in [1.807, 2.05) is 22.6 Å². The number of hydrogen-bond acceptors (Lipinski definition) is 8. The van der Waals surface area contributed by atoms with E-state index >= 15 is 0 Å². The number of esters is 2. The maximum atomic E-state index is 12.6. The normalized spacial score (nSPS) is 13.8. The number of carbonyl (C=O) groups excluding carboxylic acids is 2. The van der Waals surface area contributed by atoms with Crippen molar-refractivity contribution in [2.24, 2.45) is 4.99 Å². The summed E-state index contributed by atoms with van der Waals surface area (Å²) in [5.74, 6) is -0.659. The maximum Gasteiger partial charge on any atom is 0.363 e. The summed E-state index contributed by atoms with van der Waals surface area (Å²) >= 11 is 2.02. The lowest BCUT2D eigenvalue weighted by Gasteiger charge is -2.13. The summed E-state index contributed by atoms with van der Waals surface area (Å²) in [5, 5.41) is 11.3. The van der Waals surface area contributed by atoms with Gasteiger partial charge in [-0.2, -0.15) is 0 Å². The number of aliphatic imine (C=N–C) groups is 1. The van der Waals surface area contributed by atoms with Crippen molar-refractivity contribution in [3.8, 4) is 11.5 Å². The molecule has 0 fully saturated rings. The Kier molecular flexibility index (Phi) is 7.44. The SMILES string of the molecule is CCOc1cc(/C=C2\N=C(c3ccc(C)c([N+](=O)[O-])c3)OC2=O)cc(I)c1OC(=O)c1ccccc1. The Morgan fingerprint density at radius 2 is 1.92 bits per heavy atom. The predicted molar refractivity (Wildman–Crippen MR) is 140 cm³/mol. The Hall–Kier alpha value is -4.06. The molecule has 36 heavy (non-hydrogen) atoms. The zero-order valence-corrected chi connectivity index (χ0v) is 21.3. The highest BCUT2D eigenvalue weighted by atomic mass is 127. The van der Waals surface area contributed by atoms with Gasteiger partial charge in [-0.05, 0) is 78.4 Å². The van der Waals surface area contributed by atoms with E-state index in [2.05, 4.69) is 4.99 Å². The minimum absolute atomic E-state index is 0.0144. The molecule has 0 unspecified atom stereocenters. The van der Waals surface area contributed by atoms with Gasteiger partial charge in [0.1, 0.15) is 0 Å². The molecule has 0 aliphatic carbocycles. The van der Waals surface area contributed by atoms with Gasteiger partial charge >= 0.3 is 11.9 Å². The first-order valence-electron chi connectivity index (χ1n) is 10.8. The average molecular weight is 598 g/mol. The lowest BCUT2D eigenvalue weighted by molar-refractivity contribution is -0.385. The fourth-order valence-electron chi connectivity index (χ4n) is 3.39. The summed E-state index contributed by atoms with van der Waals surface area (Å²) in [4.78, 5) is 40.0. The van der Waals surface area contributed by atoms with Crippen LogP contribution >= 0.6 is 22.6 Å². The fourth-order valence-corrected chi connectivity index (χ4v) is 4.12. The second kappa shape index (κ2) is 10.7. The average Bonchev–Trinajstić information content (AvgIpc) is 3.22. The second-order valence-corrected chi connectivity index (χ2v) is 8.78. The Labute approximate surface area is 219 Å². The van der Waals surface area contributed by atoms with Gasteiger partial charge in [0.25, 0.3) is 5.69 Å². The van der Waals surface area contributed by atoms with E-state index in [1.54, 1.807) is 68.4 Å². The number of aryl methyl sites for hydroxylation is 1. The zero-order chi connectivity index (χ0) is 25.8. The van der Waals surface area contributed by atoms with Gasteiger partial charge in [0.2, 0.25) is 5.90 Å². The molecule has 10 heteroatoms. The van der Waals surface area contributed by atoms with Crippen molar-refractivity contribution in [1.29, 1.82) is 0 Å². The van der Waals surface area contributed by atoms with E-state index in [9.17, 15) is 19.7 Å². The third kappa shape index (κ3) is 5.43. The van der Waals surface area contributed by atoms with Gasteiger partial charge in [0, 0.05) is 17.2 Å². The molecule has 3 aromatic rings. The summed E-state index contributed by atoms with van der Waals surface area (Å²) in [6.45, 7) is 3.74. The van der Waals surface area contributed by atoms with Crippen molar-refractivity contribution >= 4 is 52.2 Å². The highest BCUT2D eigenvalue weighted by molar-refractivity contribution is 14.1. The molecule has 0 radical (unpaired) electrons. The molecule has 1 aliphatic rings. The topological polar surface area (TPSA) is 117 Å². The van der Waals surface area contributed by atoms with Crippen molar-refractivity contribution in [2.45, 2.75) is 13.8 Å². The summed E-state index contributed by atoms with van der Waals surface area (Å²) in [5.41, 5.74) is 1.68. The summed E-state index contributed by atoms with van der Waals surface area (Å²) in [6, 6.07) is 16.4. The third-order valence-electron chi connectivity index (χ3n) is 5.11. The van der Waals surface area contributed by atoms with Crippen LogP contribution < -0.4 is 9.47 Å². The number of nitro benzene ring substituents is 1. The van der Waals surface area contributed by atoms with E-state index in [0.29, 0.717) is 38.2 Å². The summed E-state index contributed by atoms with van der Waals surface area (Å²) in [6.07, 6.45) is 1.51. The summed E-state index contributed by atoms with van der Waals surface area (Å²) < 4.78 is 17.1. The van der Waals surface area contributed by atoms with Gasteiger partial charge in [-0.3, -0.25) is 10.1 Å². The lowest BCUT2D eigenvalue weighted by atomic mass is 10.1. The highest BCUT2D eigenvalue weighted by Crippen LogP contribution is 2.36. The van der Waals surface area contributed by atoms with Crippen LogP contribution in [-0.2, 0) is 9.53 Å². The van der Waals surface area contributed by atoms with Crippen molar-refractivity contribution in [3.05, 3.63) is 102 Å². The van der Waals surface area contributed by atoms with E-state index < -0.39 is 16.9 Å². The first kappa shape index (κ1) is 25.0. The Bertz CT molecular complexity index is 1430. The first-order chi connectivity index (χ1) is 17.3. The number of nitrogens with zero attached hydrogens (tertiary/aromatic N) is 2. The van der Waals surface area contributed by atoms with Gasteiger partial charge in [-0.25, -0.2) is 14.6 Å². The number of rotatable bonds is 7. The molecule has 0 saturated carbocycles. The minimum Gasteiger partial charge on any atom is -0.490 e. The molecule has 0 amide bonds. The quantitative estimate of drug-likeness (QED) is 0.0884. The first-order valence-corrected chi connectivity index (χ1v) is 11.9. The Morgan fingerprint density at radius 3 is 2.61 bits per heavy atom. The fraction of sp³-hybridized carbons (Fsp3) is 0.115. The van der Waals surface area contributed by atoms with Crippen LogP contribution in [0.1, 0.15) is 34.0 Å². The van der Waals surface area contributed by atoms with Crippen molar-refractivity contribution in [1.82, 2.24) is 0 Å². The maximum absolute atomic E-state index is 12.6. The van der Waals surface area contributed by atoms with Crippen molar-refractivity contribution in [2.75, 3.05) is 6.61 Å². The van der Waals surface area contributed by atoms with E-state index in [0.717, 1.165) is 0 Å². The molecular weight excluding hydrogens is 579 g/mol. The van der Waals surface area contributed by atoms with Crippen LogP contribution in [0.3, 0.4) is 0 Å². The molecule has 0 spiro atoms. The molecular formula is C26H19IN2O7. The molecule has 0 N–H and O–H groups in total. The van der Waals surface area contributed by atoms with Crippen LogP contribution in [0.4, 0.5) is 5.69 Å². The minimum atomic E-state index is -0.694. The van der Waals surface area contributed by atoms with Crippen LogP contribution in [0.5, 0.6) is 11.5 Å². The van der Waals surface area contributed by atoms with Gasteiger partial charge < -0.3 is 14.2 Å². The highest BCUT2D eigenvalue weighted by Gasteiger charge is 2.26. The number of cyclic esters (lactones) is 1. The molecule has 0 aromatic heterocycles. The number of benzene rings is 3. The van der Waals surface area contributed by atoms with E-state index in [1.165, 1.54) is 12.1 Å². The molecule has 3 aromatic carbocycles. The molecule has 1 heterocycles. The number of halogens is 1. The molecule has 1 aliphatic heterocycles. The van der Waals surface area contributed by atoms with Crippen LogP contribution in [-0.4, -0.2) is 29.4 Å². The van der Waals surface area contributed by atoms with Gasteiger partial charge in [0.15, 0.2) is 17.2 Å². The van der Waals surface area contributed by atoms with Crippen LogP contribution in [0, 0.1) is 20.6 Å². The molecule has 0 bridgehead atoms. The molecule has 0 atom stereocenters. The molecule has 182 valence electrons. The van der Waals surface area contributed by atoms with Gasteiger partial charge in [-0.15, -0.1) is 0 Å². The predicted octanol–water partition coefficient (Wildman–Crippen LogP) is 5.47. The lowest BCUT2D eigenvalue weighted by Crippen LogP contribution is -2.10. The van der Waals surface area contributed by atoms with Crippen LogP contribution in [0.25, 0.3) is 6.08 Å². The number of nitro groups is 1. The number of carbonyl (C=O) groups is 2. The molecule has 9 nitrogen and oxygen atoms in total. The molecule has 0 saturated heterocycles. The Balaban J connectivity index is 1.66. The van der Waals surface area contributed by atoms with E-state index in [-0.39, 0.29) is 23.0 Å². The van der Waals surface area contributed by atoms with Crippen LogP contribution in [0.15, 0.2) is 71.4 Å². The van der Waals surface area contributed by atoms with Gasteiger partial charge in [-0.1, -0.05) is 24.3 Å². The smallest absolute Gasteiger partial charge is 0.363 e. The standard InChI is InChI=1S/C26H19IN2O7/c1-3-34-22-13-16(11-19(27)23(22)35-25(30)17-7-5-4-6-8-17)12-20-26(31)36-24(28-20)18-10-9-15(2)21(14-18)29(32)33/h4-14H,3H2,1-2H3/b20-12-. The largest absolute Gasteiger partial charge is 0.490 e. The molecule has 4 rings (SSSR count). The monoisotopic (exact) mass is 598 g/mol. The second-order valence-electron chi connectivity index (χ2n) is 7.61. The number of hydrogen-bond donors (Lipinski definition) is 0. The Morgan fingerprint density at radius 1 is 1.17 bits per heavy atom. The van der Waals surface area contributed by atoms with E-state index in [4.69, 9.17) is 14.2 Å². The zero-order valence-electron chi connectivity index (χ0n) is 19.2. The summed E-state index contributed by atoms with van der Waals surface area (Å²) in [7, 11) is 0. The number of ether oxygens (including phenoxy) is 3. The van der Waals surface area contributed by atoms with Crippen molar-refractivity contribution in [3.63, 3.8) is 0 Å². The van der Waals surface area contributed by atoms with Gasteiger partial charge in [0.05, 0.1) is 20.7 Å². The van der Waals surface area contributed by atoms with Crippen LogP contribution in [0.2, 0.25) is 0 Å². The third-order valence-corrected chi connectivity index (χ3v) is 5.91. The van der Waals surface area contributed by atoms with Crippen molar-refractivity contribution < 1.29 is 28.7 Å².